The predicted octanol–water partition coefficient (Wildman–Crippen LogP) is 4.25. The highest BCUT2D eigenvalue weighted by atomic mass is 16.6. The molecule has 0 bridgehead atoms. The Balaban J connectivity index is 1.99. The molecule has 0 radical (unpaired) electrons. The molecule has 1 aromatic carbocycles. The number of piperidine rings is 1. The molecule has 0 amide bonds. The molecule has 0 spiro atoms. The molecule has 7 heteroatoms. The lowest BCUT2D eigenvalue weighted by Gasteiger charge is -2.35. The molecule has 0 saturated carbocycles. The van der Waals surface area contributed by atoms with E-state index >= 15 is 0 Å². The van der Waals surface area contributed by atoms with Crippen molar-refractivity contribution >= 4 is 11.5 Å². The molecule has 1 aromatic heterocycles. The van der Waals surface area contributed by atoms with Crippen LogP contribution in [0.2, 0.25) is 0 Å². The van der Waals surface area contributed by atoms with E-state index in [0.29, 0.717) is 11.6 Å². The van der Waals surface area contributed by atoms with Crippen LogP contribution in [0.1, 0.15) is 38.2 Å². The van der Waals surface area contributed by atoms with E-state index in [9.17, 15) is 10.1 Å². The van der Waals surface area contributed by atoms with Crippen LogP contribution in [0.25, 0.3) is 0 Å². The van der Waals surface area contributed by atoms with Gasteiger partial charge in [0.15, 0.2) is 0 Å². The van der Waals surface area contributed by atoms with E-state index in [1.54, 1.807) is 12.1 Å². The number of aryl methyl sites for hydroxylation is 1. The lowest BCUT2D eigenvalue weighted by atomic mass is 10.00. The molecule has 1 saturated heterocycles. The van der Waals surface area contributed by atoms with Gasteiger partial charge in [0.05, 0.1) is 4.92 Å². The van der Waals surface area contributed by atoms with E-state index in [1.165, 1.54) is 6.33 Å². The first-order valence-corrected chi connectivity index (χ1v) is 8.60. The van der Waals surface area contributed by atoms with Crippen LogP contribution in [0, 0.1) is 17.0 Å². The summed E-state index contributed by atoms with van der Waals surface area (Å²) in [6.45, 7) is 4.83. The first-order valence-electron chi connectivity index (χ1n) is 8.60. The smallest absolute Gasteiger partial charge is 0.373 e. The summed E-state index contributed by atoms with van der Waals surface area (Å²) in [7, 11) is 0. The Bertz CT molecular complexity index is 748. The van der Waals surface area contributed by atoms with Gasteiger partial charge in [0.2, 0.25) is 5.82 Å². The molecular formula is C18H22N4O3. The van der Waals surface area contributed by atoms with E-state index < -0.39 is 4.92 Å². The fourth-order valence-electron chi connectivity index (χ4n) is 3.22. The summed E-state index contributed by atoms with van der Waals surface area (Å²) in [6, 6.07) is 7.59. The fraction of sp³-hybridized carbons (Fsp3) is 0.444. The van der Waals surface area contributed by atoms with Crippen LogP contribution < -0.4 is 9.64 Å². The predicted molar refractivity (Wildman–Crippen MR) is 95.2 cm³/mol. The van der Waals surface area contributed by atoms with Gasteiger partial charge in [-0.1, -0.05) is 24.6 Å². The van der Waals surface area contributed by atoms with E-state index in [0.717, 1.165) is 37.8 Å². The van der Waals surface area contributed by atoms with Crippen molar-refractivity contribution in [3.05, 3.63) is 46.3 Å². The second-order valence-corrected chi connectivity index (χ2v) is 6.27. The second kappa shape index (κ2) is 7.46. The highest BCUT2D eigenvalue weighted by Crippen LogP contribution is 2.38. The highest BCUT2D eigenvalue weighted by Gasteiger charge is 2.32. The summed E-state index contributed by atoms with van der Waals surface area (Å²) in [5, 5.41) is 11.7. The van der Waals surface area contributed by atoms with Crippen LogP contribution >= 0.6 is 0 Å². The standard InChI is InChI=1S/C18H22N4O3/c1-3-14-6-4-5-11-21(14)17-16(22(23)24)18(20-12-19-17)25-15-9-7-13(2)8-10-15/h7-10,12,14H,3-6,11H2,1-2H3. The number of nitro groups is 1. The van der Waals surface area contributed by atoms with Crippen LogP contribution in [0.4, 0.5) is 11.5 Å². The number of anilines is 1. The largest absolute Gasteiger partial charge is 0.434 e. The molecule has 1 atom stereocenters. The molecule has 2 aromatic rings. The van der Waals surface area contributed by atoms with Gasteiger partial charge in [-0.05, 0) is 44.7 Å². The Hall–Kier alpha value is -2.70. The zero-order valence-electron chi connectivity index (χ0n) is 14.5. The summed E-state index contributed by atoms with van der Waals surface area (Å²) in [6.07, 6.45) is 5.43. The molecule has 3 rings (SSSR count). The van der Waals surface area contributed by atoms with E-state index in [2.05, 4.69) is 16.9 Å². The molecule has 0 aliphatic carbocycles. The summed E-state index contributed by atoms with van der Waals surface area (Å²) in [5.74, 6) is 0.858. The maximum Gasteiger partial charge on any atom is 0.373 e. The Labute approximate surface area is 146 Å². The van der Waals surface area contributed by atoms with Crippen LogP contribution in [0.15, 0.2) is 30.6 Å². The molecule has 2 heterocycles. The molecule has 1 aliphatic heterocycles. The van der Waals surface area contributed by atoms with Crippen molar-refractivity contribution in [2.24, 2.45) is 0 Å². The molecule has 0 N–H and O–H groups in total. The SMILES string of the molecule is CCC1CCCCN1c1ncnc(Oc2ccc(C)cc2)c1[N+](=O)[O-]. The monoisotopic (exact) mass is 342 g/mol. The first-order chi connectivity index (χ1) is 12.1. The number of hydrogen-bond donors (Lipinski definition) is 0. The first kappa shape index (κ1) is 17.1. The Morgan fingerprint density at radius 3 is 2.72 bits per heavy atom. The maximum absolute atomic E-state index is 11.7. The lowest BCUT2D eigenvalue weighted by molar-refractivity contribution is -0.385. The molecular weight excluding hydrogens is 320 g/mol. The van der Waals surface area contributed by atoms with Crippen molar-refractivity contribution in [3.63, 3.8) is 0 Å². The summed E-state index contributed by atoms with van der Waals surface area (Å²) in [5.41, 5.74) is 0.924. The third kappa shape index (κ3) is 3.70. The quantitative estimate of drug-likeness (QED) is 0.596. The number of ether oxygens (including phenoxy) is 1. The third-order valence-electron chi connectivity index (χ3n) is 4.56. The van der Waals surface area contributed by atoms with Crippen LogP contribution in [0.3, 0.4) is 0 Å². The Morgan fingerprint density at radius 1 is 1.28 bits per heavy atom. The second-order valence-electron chi connectivity index (χ2n) is 6.27. The zero-order valence-corrected chi connectivity index (χ0v) is 14.5. The number of hydrogen-bond acceptors (Lipinski definition) is 6. The normalized spacial score (nSPS) is 17.4. The minimum atomic E-state index is -0.444. The summed E-state index contributed by atoms with van der Waals surface area (Å²) < 4.78 is 5.71. The molecule has 1 fully saturated rings. The summed E-state index contributed by atoms with van der Waals surface area (Å²) >= 11 is 0. The number of aromatic nitrogens is 2. The van der Waals surface area contributed by atoms with Crippen molar-refractivity contribution in [1.82, 2.24) is 9.97 Å². The lowest BCUT2D eigenvalue weighted by Crippen LogP contribution is -2.40. The molecule has 7 nitrogen and oxygen atoms in total. The molecule has 1 unspecified atom stereocenters. The topological polar surface area (TPSA) is 81.4 Å². The van der Waals surface area contributed by atoms with Gasteiger partial charge in [-0.3, -0.25) is 10.1 Å². The number of rotatable bonds is 5. The van der Waals surface area contributed by atoms with Crippen molar-refractivity contribution in [1.29, 1.82) is 0 Å². The molecule has 25 heavy (non-hydrogen) atoms. The Kier molecular flexibility index (Phi) is 5.11. The minimum absolute atomic E-state index is 0.0146. The van der Waals surface area contributed by atoms with Gasteiger partial charge >= 0.3 is 11.6 Å². The number of benzene rings is 1. The van der Waals surface area contributed by atoms with Crippen molar-refractivity contribution in [2.75, 3.05) is 11.4 Å². The summed E-state index contributed by atoms with van der Waals surface area (Å²) in [4.78, 5) is 21.6. The van der Waals surface area contributed by atoms with Crippen molar-refractivity contribution in [2.45, 2.75) is 45.6 Å². The van der Waals surface area contributed by atoms with Crippen molar-refractivity contribution < 1.29 is 9.66 Å². The average Bonchev–Trinajstić information content (AvgIpc) is 2.63. The van der Waals surface area contributed by atoms with Gasteiger partial charge in [-0.15, -0.1) is 0 Å². The van der Waals surface area contributed by atoms with Gasteiger partial charge in [0.25, 0.3) is 0 Å². The molecule has 132 valence electrons. The van der Waals surface area contributed by atoms with Gasteiger partial charge in [-0.2, -0.15) is 4.98 Å². The van der Waals surface area contributed by atoms with Crippen LogP contribution in [-0.4, -0.2) is 27.5 Å². The average molecular weight is 342 g/mol. The van der Waals surface area contributed by atoms with Crippen LogP contribution in [-0.2, 0) is 0 Å². The Morgan fingerprint density at radius 2 is 2.04 bits per heavy atom. The highest BCUT2D eigenvalue weighted by molar-refractivity contribution is 5.64. The molecule has 1 aliphatic rings. The van der Waals surface area contributed by atoms with Crippen molar-refractivity contribution in [3.8, 4) is 11.6 Å². The van der Waals surface area contributed by atoms with E-state index in [4.69, 9.17) is 4.74 Å². The van der Waals surface area contributed by atoms with Crippen LogP contribution in [0.5, 0.6) is 11.6 Å². The van der Waals surface area contributed by atoms with Gasteiger partial charge in [0, 0.05) is 12.6 Å². The van der Waals surface area contributed by atoms with E-state index in [-0.39, 0.29) is 17.6 Å². The third-order valence-corrected chi connectivity index (χ3v) is 4.56. The minimum Gasteiger partial charge on any atom is -0.434 e. The fourth-order valence-corrected chi connectivity index (χ4v) is 3.22. The maximum atomic E-state index is 11.7. The van der Waals surface area contributed by atoms with Gasteiger partial charge < -0.3 is 9.64 Å². The van der Waals surface area contributed by atoms with Gasteiger partial charge in [-0.25, -0.2) is 4.98 Å². The number of nitrogens with zero attached hydrogens (tertiary/aromatic N) is 4. The van der Waals surface area contributed by atoms with E-state index in [1.807, 2.05) is 24.0 Å². The van der Waals surface area contributed by atoms with Gasteiger partial charge in [0.1, 0.15) is 12.1 Å². The zero-order chi connectivity index (χ0) is 17.8.